The van der Waals surface area contributed by atoms with E-state index in [1.165, 1.54) is 0 Å². The SMILES string of the molecule is COc1ccc(C(=O)N2CCC(CCCl)C2)cc1. The largest absolute Gasteiger partial charge is 0.497 e. The molecule has 0 aromatic heterocycles. The number of rotatable bonds is 4. The number of amides is 1. The molecule has 1 aliphatic rings. The number of likely N-dealkylation sites (tertiary alicyclic amines) is 1. The summed E-state index contributed by atoms with van der Waals surface area (Å²) in [4.78, 5) is 14.2. The number of nitrogens with zero attached hydrogens (tertiary/aromatic N) is 1. The van der Waals surface area contributed by atoms with E-state index in [1.807, 2.05) is 29.2 Å². The smallest absolute Gasteiger partial charge is 0.253 e. The van der Waals surface area contributed by atoms with Crippen molar-refractivity contribution in [2.24, 2.45) is 5.92 Å². The van der Waals surface area contributed by atoms with Crippen molar-refractivity contribution in [1.29, 1.82) is 0 Å². The molecular weight excluding hydrogens is 250 g/mol. The minimum Gasteiger partial charge on any atom is -0.497 e. The molecule has 0 bridgehead atoms. The Morgan fingerprint density at radius 2 is 2.17 bits per heavy atom. The third-order valence-corrected chi connectivity index (χ3v) is 3.65. The van der Waals surface area contributed by atoms with E-state index >= 15 is 0 Å². The summed E-state index contributed by atoms with van der Waals surface area (Å²) in [5.74, 6) is 2.11. The molecule has 1 aromatic rings. The molecule has 1 aromatic carbocycles. The van der Waals surface area contributed by atoms with Crippen LogP contribution in [0.3, 0.4) is 0 Å². The predicted octanol–water partition coefficient (Wildman–Crippen LogP) is 2.79. The molecular formula is C14H18ClNO2. The molecule has 0 N–H and O–H groups in total. The molecule has 1 fully saturated rings. The molecule has 1 heterocycles. The Kier molecular flexibility index (Phi) is 4.48. The molecule has 98 valence electrons. The fourth-order valence-electron chi connectivity index (χ4n) is 2.32. The minimum atomic E-state index is 0.106. The number of ether oxygens (including phenoxy) is 1. The second kappa shape index (κ2) is 6.10. The van der Waals surface area contributed by atoms with E-state index in [9.17, 15) is 4.79 Å². The molecule has 4 heteroatoms. The first-order valence-corrected chi connectivity index (χ1v) is 6.77. The van der Waals surface area contributed by atoms with Gasteiger partial charge in [-0.1, -0.05) is 0 Å². The number of carbonyl (C=O) groups is 1. The van der Waals surface area contributed by atoms with E-state index in [0.717, 1.165) is 37.2 Å². The van der Waals surface area contributed by atoms with Crippen molar-refractivity contribution in [3.63, 3.8) is 0 Å². The third kappa shape index (κ3) is 2.96. The first-order valence-electron chi connectivity index (χ1n) is 6.24. The van der Waals surface area contributed by atoms with Crippen molar-refractivity contribution in [2.75, 3.05) is 26.1 Å². The fourth-order valence-corrected chi connectivity index (χ4v) is 2.63. The summed E-state index contributed by atoms with van der Waals surface area (Å²) in [6.07, 6.45) is 2.06. The minimum absolute atomic E-state index is 0.106. The molecule has 3 nitrogen and oxygen atoms in total. The normalized spacial score (nSPS) is 19.0. The van der Waals surface area contributed by atoms with Crippen LogP contribution in [0.25, 0.3) is 0 Å². The predicted molar refractivity (Wildman–Crippen MR) is 72.3 cm³/mol. The van der Waals surface area contributed by atoms with Crippen LogP contribution >= 0.6 is 11.6 Å². The van der Waals surface area contributed by atoms with Gasteiger partial charge in [-0.15, -0.1) is 11.6 Å². The standard InChI is InChI=1S/C14H18ClNO2/c1-18-13-4-2-12(3-5-13)14(17)16-9-7-11(10-16)6-8-15/h2-5,11H,6-10H2,1H3. The lowest BCUT2D eigenvalue weighted by molar-refractivity contribution is 0.0787. The fraction of sp³-hybridized carbons (Fsp3) is 0.500. The maximum Gasteiger partial charge on any atom is 0.253 e. The average Bonchev–Trinajstić information content (AvgIpc) is 2.87. The van der Waals surface area contributed by atoms with Gasteiger partial charge in [-0.2, -0.15) is 0 Å². The lowest BCUT2D eigenvalue weighted by Crippen LogP contribution is -2.28. The zero-order valence-corrected chi connectivity index (χ0v) is 11.3. The molecule has 2 rings (SSSR count). The summed E-state index contributed by atoms with van der Waals surface area (Å²) in [6, 6.07) is 7.27. The number of methoxy groups -OCH3 is 1. The highest BCUT2D eigenvalue weighted by Crippen LogP contribution is 2.22. The van der Waals surface area contributed by atoms with Gasteiger partial charge in [0.25, 0.3) is 5.91 Å². The van der Waals surface area contributed by atoms with Crippen LogP contribution in [0, 0.1) is 5.92 Å². The third-order valence-electron chi connectivity index (χ3n) is 3.43. The maximum absolute atomic E-state index is 12.2. The van der Waals surface area contributed by atoms with Gasteiger partial charge in [-0.3, -0.25) is 4.79 Å². The van der Waals surface area contributed by atoms with Crippen molar-refractivity contribution in [3.8, 4) is 5.75 Å². The van der Waals surface area contributed by atoms with Gasteiger partial charge >= 0.3 is 0 Å². The van der Waals surface area contributed by atoms with Crippen LogP contribution in [0.15, 0.2) is 24.3 Å². The molecule has 0 radical (unpaired) electrons. The Morgan fingerprint density at radius 3 is 2.78 bits per heavy atom. The van der Waals surface area contributed by atoms with Gasteiger partial charge in [-0.05, 0) is 43.0 Å². The summed E-state index contributed by atoms with van der Waals surface area (Å²) in [7, 11) is 1.62. The van der Waals surface area contributed by atoms with Gasteiger partial charge < -0.3 is 9.64 Å². The van der Waals surface area contributed by atoms with Gasteiger partial charge in [0.15, 0.2) is 0 Å². The summed E-state index contributed by atoms with van der Waals surface area (Å²) in [5.41, 5.74) is 0.724. The first kappa shape index (κ1) is 13.2. The number of carbonyl (C=O) groups excluding carboxylic acids is 1. The van der Waals surface area contributed by atoms with Gasteiger partial charge in [0.2, 0.25) is 0 Å². The van der Waals surface area contributed by atoms with Gasteiger partial charge in [0, 0.05) is 24.5 Å². The lowest BCUT2D eigenvalue weighted by atomic mass is 10.1. The van der Waals surface area contributed by atoms with E-state index in [2.05, 4.69) is 0 Å². The van der Waals surface area contributed by atoms with Gasteiger partial charge in [0.05, 0.1) is 7.11 Å². The molecule has 1 unspecified atom stereocenters. The second-order valence-electron chi connectivity index (χ2n) is 4.61. The summed E-state index contributed by atoms with van der Waals surface area (Å²) >= 11 is 5.74. The number of alkyl halides is 1. The summed E-state index contributed by atoms with van der Waals surface area (Å²) < 4.78 is 5.08. The van der Waals surface area contributed by atoms with Crippen molar-refractivity contribution in [1.82, 2.24) is 4.90 Å². The zero-order valence-electron chi connectivity index (χ0n) is 10.6. The topological polar surface area (TPSA) is 29.5 Å². The molecule has 18 heavy (non-hydrogen) atoms. The van der Waals surface area contributed by atoms with E-state index in [-0.39, 0.29) is 5.91 Å². The van der Waals surface area contributed by atoms with E-state index < -0.39 is 0 Å². The molecule has 1 amide bonds. The number of hydrogen-bond acceptors (Lipinski definition) is 2. The second-order valence-corrected chi connectivity index (χ2v) is 4.99. The van der Waals surface area contributed by atoms with Gasteiger partial charge in [-0.25, -0.2) is 0 Å². The average molecular weight is 268 g/mol. The number of benzene rings is 1. The Bertz CT molecular complexity index is 405. The highest BCUT2D eigenvalue weighted by Gasteiger charge is 2.26. The van der Waals surface area contributed by atoms with E-state index in [4.69, 9.17) is 16.3 Å². The highest BCUT2D eigenvalue weighted by molar-refractivity contribution is 6.17. The summed E-state index contributed by atoms with van der Waals surface area (Å²) in [5, 5.41) is 0. The Labute approximate surface area is 113 Å². The van der Waals surface area contributed by atoms with Crippen LogP contribution < -0.4 is 4.74 Å². The monoisotopic (exact) mass is 267 g/mol. The maximum atomic E-state index is 12.2. The lowest BCUT2D eigenvalue weighted by Gasteiger charge is -2.16. The molecule has 1 aliphatic heterocycles. The van der Waals surface area contributed by atoms with Crippen LogP contribution in [0.1, 0.15) is 23.2 Å². The zero-order chi connectivity index (χ0) is 13.0. The van der Waals surface area contributed by atoms with Crippen LogP contribution in [0.2, 0.25) is 0 Å². The highest BCUT2D eigenvalue weighted by atomic mass is 35.5. The Balaban J connectivity index is 1.98. The van der Waals surface area contributed by atoms with Crippen LogP contribution in [0.5, 0.6) is 5.75 Å². The Hall–Kier alpha value is -1.22. The van der Waals surface area contributed by atoms with Crippen molar-refractivity contribution in [3.05, 3.63) is 29.8 Å². The van der Waals surface area contributed by atoms with Crippen molar-refractivity contribution >= 4 is 17.5 Å². The van der Waals surface area contributed by atoms with Crippen LogP contribution in [-0.4, -0.2) is 36.9 Å². The van der Waals surface area contributed by atoms with Gasteiger partial charge in [0.1, 0.15) is 5.75 Å². The van der Waals surface area contributed by atoms with E-state index in [1.54, 1.807) is 7.11 Å². The molecule has 1 saturated heterocycles. The molecule has 0 spiro atoms. The van der Waals surface area contributed by atoms with E-state index in [0.29, 0.717) is 11.8 Å². The van der Waals surface area contributed by atoms with Crippen LogP contribution in [-0.2, 0) is 0 Å². The van der Waals surface area contributed by atoms with Crippen LogP contribution in [0.4, 0.5) is 0 Å². The number of halogens is 1. The Morgan fingerprint density at radius 1 is 1.44 bits per heavy atom. The molecule has 1 atom stereocenters. The molecule has 0 aliphatic carbocycles. The number of hydrogen-bond donors (Lipinski definition) is 0. The quantitative estimate of drug-likeness (QED) is 0.785. The van der Waals surface area contributed by atoms with Crippen molar-refractivity contribution in [2.45, 2.75) is 12.8 Å². The summed E-state index contributed by atoms with van der Waals surface area (Å²) in [6.45, 7) is 1.67. The molecule has 0 saturated carbocycles. The van der Waals surface area contributed by atoms with Crippen molar-refractivity contribution < 1.29 is 9.53 Å². The first-order chi connectivity index (χ1) is 8.74.